The molecule has 106 valence electrons. The monoisotopic (exact) mass is 296 g/mol. The van der Waals surface area contributed by atoms with Crippen molar-refractivity contribution in [2.75, 3.05) is 18.5 Å². The first-order valence-electron chi connectivity index (χ1n) is 6.17. The number of para-hydroxylation sites is 1. The van der Waals surface area contributed by atoms with E-state index < -0.39 is 11.9 Å². The summed E-state index contributed by atoms with van der Waals surface area (Å²) in [6.45, 7) is 0.117. The van der Waals surface area contributed by atoms with E-state index >= 15 is 0 Å². The van der Waals surface area contributed by atoms with Crippen molar-refractivity contribution in [1.82, 2.24) is 0 Å². The average Bonchev–Trinajstić information content (AvgIpc) is 2.43. The molecule has 2 aromatic carbocycles. The fourth-order valence-corrected chi connectivity index (χ4v) is 2.49. The summed E-state index contributed by atoms with van der Waals surface area (Å²) in [5.41, 5.74) is 6.37. The van der Waals surface area contributed by atoms with Gasteiger partial charge in [-0.25, -0.2) is 8.78 Å². The molecule has 2 nitrogen and oxygen atoms in total. The van der Waals surface area contributed by atoms with E-state index in [1.165, 1.54) is 18.2 Å². The van der Waals surface area contributed by atoms with Gasteiger partial charge >= 0.3 is 0 Å². The first-order chi connectivity index (χ1) is 9.56. The Hall–Kier alpha value is -1.65. The molecule has 0 amide bonds. The molecule has 2 N–H and O–H groups in total. The Kier molecular flexibility index (Phi) is 4.57. The summed E-state index contributed by atoms with van der Waals surface area (Å²) in [4.78, 5) is 1.60. The summed E-state index contributed by atoms with van der Waals surface area (Å²) in [7, 11) is 1.67. The standard InChI is InChI=1S/C15H15ClF2N2/c1-20(13-8-3-2-6-11(13)17)14(9-19)15-10(16)5-4-7-12(15)18/h2-8,14H,9,19H2,1H3. The molecule has 20 heavy (non-hydrogen) atoms. The number of benzene rings is 2. The van der Waals surface area contributed by atoms with E-state index in [0.717, 1.165) is 0 Å². The molecule has 2 rings (SSSR count). The van der Waals surface area contributed by atoms with Gasteiger partial charge in [-0.05, 0) is 24.3 Å². The van der Waals surface area contributed by atoms with Crippen LogP contribution < -0.4 is 10.6 Å². The van der Waals surface area contributed by atoms with E-state index in [-0.39, 0.29) is 22.9 Å². The molecule has 0 radical (unpaired) electrons. The number of rotatable bonds is 4. The fourth-order valence-electron chi connectivity index (χ4n) is 2.20. The highest BCUT2D eigenvalue weighted by Crippen LogP contribution is 2.32. The van der Waals surface area contributed by atoms with E-state index in [2.05, 4.69) is 0 Å². The van der Waals surface area contributed by atoms with Crippen molar-refractivity contribution in [2.24, 2.45) is 5.73 Å². The Morgan fingerprint density at radius 3 is 2.35 bits per heavy atom. The minimum atomic E-state index is -0.541. The number of hydrogen-bond donors (Lipinski definition) is 1. The van der Waals surface area contributed by atoms with E-state index in [0.29, 0.717) is 5.69 Å². The van der Waals surface area contributed by atoms with E-state index in [1.54, 1.807) is 36.2 Å². The van der Waals surface area contributed by atoms with Crippen LogP contribution in [0.3, 0.4) is 0 Å². The molecule has 2 aromatic rings. The van der Waals surface area contributed by atoms with Gasteiger partial charge < -0.3 is 10.6 Å². The van der Waals surface area contributed by atoms with Gasteiger partial charge in [-0.15, -0.1) is 0 Å². The topological polar surface area (TPSA) is 29.3 Å². The molecule has 5 heteroatoms. The SMILES string of the molecule is CN(c1ccccc1F)C(CN)c1c(F)cccc1Cl. The van der Waals surface area contributed by atoms with Gasteiger partial charge in [0.25, 0.3) is 0 Å². The van der Waals surface area contributed by atoms with Crippen molar-refractivity contribution < 1.29 is 8.78 Å². The van der Waals surface area contributed by atoms with Crippen molar-refractivity contribution in [1.29, 1.82) is 0 Å². The molecule has 1 unspecified atom stereocenters. The zero-order valence-corrected chi connectivity index (χ0v) is 11.7. The van der Waals surface area contributed by atoms with Gasteiger partial charge in [0.05, 0.1) is 11.7 Å². The normalized spacial score (nSPS) is 12.2. The van der Waals surface area contributed by atoms with Crippen molar-refractivity contribution in [2.45, 2.75) is 6.04 Å². The zero-order valence-electron chi connectivity index (χ0n) is 11.0. The Morgan fingerprint density at radius 1 is 1.10 bits per heavy atom. The molecular formula is C15H15ClF2N2. The average molecular weight is 297 g/mol. The minimum absolute atomic E-state index is 0.117. The summed E-state index contributed by atoms with van der Waals surface area (Å²) >= 11 is 6.06. The van der Waals surface area contributed by atoms with Crippen LogP contribution in [0.15, 0.2) is 42.5 Å². The Balaban J connectivity index is 2.45. The van der Waals surface area contributed by atoms with Crippen LogP contribution in [0.1, 0.15) is 11.6 Å². The van der Waals surface area contributed by atoms with Crippen LogP contribution in [0.4, 0.5) is 14.5 Å². The quantitative estimate of drug-likeness (QED) is 0.931. The summed E-state index contributed by atoms with van der Waals surface area (Å²) < 4.78 is 27.8. The third kappa shape index (κ3) is 2.76. The number of hydrogen-bond acceptors (Lipinski definition) is 2. The molecule has 0 aliphatic heterocycles. The lowest BCUT2D eigenvalue weighted by Gasteiger charge is -2.30. The van der Waals surface area contributed by atoms with E-state index in [9.17, 15) is 8.78 Å². The van der Waals surface area contributed by atoms with Crippen LogP contribution in [-0.2, 0) is 0 Å². The van der Waals surface area contributed by atoms with Crippen molar-refractivity contribution in [3.63, 3.8) is 0 Å². The zero-order chi connectivity index (χ0) is 14.7. The summed E-state index contributed by atoms with van der Waals surface area (Å²) in [6.07, 6.45) is 0. The molecule has 0 fully saturated rings. The van der Waals surface area contributed by atoms with Crippen LogP contribution in [0.5, 0.6) is 0 Å². The van der Waals surface area contributed by atoms with Gasteiger partial charge in [0.15, 0.2) is 0 Å². The van der Waals surface area contributed by atoms with Crippen LogP contribution in [0.25, 0.3) is 0 Å². The highest BCUT2D eigenvalue weighted by atomic mass is 35.5. The lowest BCUT2D eigenvalue weighted by Crippen LogP contribution is -2.32. The molecule has 0 aliphatic carbocycles. The first kappa shape index (κ1) is 14.8. The first-order valence-corrected chi connectivity index (χ1v) is 6.55. The van der Waals surface area contributed by atoms with Crippen LogP contribution >= 0.6 is 11.6 Å². The molecule has 1 atom stereocenters. The van der Waals surface area contributed by atoms with E-state index in [4.69, 9.17) is 17.3 Å². The Labute approximate surface area is 121 Å². The van der Waals surface area contributed by atoms with Gasteiger partial charge in [0.1, 0.15) is 11.6 Å². The molecule has 0 saturated heterocycles. The van der Waals surface area contributed by atoms with Crippen molar-refractivity contribution in [3.05, 3.63) is 64.7 Å². The molecule has 0 heterocycles. The third-order valence-corrected chi connectivity index (χ3v) is 3.59. The van der Waals surface area contributed by atoms with Crippen LogP contribution in [0.2, 0.25) is 5.02 Å². The Bertz CT molecular complexity index is 584. The number of nitrogens with zero attached hydrogens (tertiary/aromatic N) is 1. The lowest BCUT2D eigenvalue weighted by molar-refractivity contribution is 0.562. The lowest BCUT2D eigenvalue weighted by atomic mass is 10.0. The van der Waals surface area contributed by atoms with Crippen molar-refractivity contribution >= 4 is 17.3 Å². The minimum Gasteiger partial charge on any atom is -0.364 e. The Morgan fingerprint density at radius 2 is 1.75 bits per heavy atom. The maximum absolute atomic E-state index is 14.0. The second kappa shape index (κ2) is 6.20. The predicted octanol–water partition coefficient (Wildman–Crippen LogP) is 3.75. The maximum atomic E-state index is 14.0. The van der Waals surface area contributed by atoms with Gasteiger partial charge in [-0.2, -0.15) is 0 Å². The number of nitrogens with two attached hydrogens (primary N) is 1. The van der Waals surface area contributed by atoms with Gasteiger partial charge in [-0.1, -0.05) is 29.8 Å². The van der Waals surface area contributed by atoms with Gasteiger partial charge in [-0.3, -0.25) is 0 Å². The van der Waals surface area contributed by atoms with Crippen LogP contribution in [0, 0.1) is 11.6 Å². The molecule has 0 aromatic heterocycles. The fraction of sp³-hybridized carbons (Fsp3) is 0.200. The molecule has 0 saturated carbocycles. The summed E-state index contributed by atoms with van der Waals surface area (Å²) in [5.74, 6) is -0.836. The second-order valence-electron chi connectivity index (χ2n) is 4.45. The number of halogens is 3. The van der Waals surface area contributed by atoms with Gasteiger partial charge in [0.2, 0.25) is 0 Å². The molecule has 0 spiro atoms. The van der Waals surface area contributed by atoms with Crippen LogP contribution in [-0.4, -0.2) is 13.6 Å². The number of likely N-dealkylation sites (N-methyl/N-ethyl adjacent to an activating group) is 1. The molecule has 0 aliphatic rings. The molecule has 0 bridgehead atoms. The maximum Gasteiger partial charge on any atom is 0.146 e. The molecular weight excluding hydrogens is 282 g/mol. The predicted molar refractivity (Wildman–Crippen MR) is 78.0 cm³/mol. The van der Waals surface area contributed by atoms with Crippen molar-refractivity contribution in [3.8, 4) is 0 Å². The number of anilines is 1. The van der Waals surface area contributed by atoms with Gasteiger partial charge in [0, 0.05) is 24.2 Å². The van der Waals surface area contributed by atoms with E-state index in [1.807, 2.05) is 0 Å². The smallest absolute Gasteiger partial charge is 0.146 e. The third-order valence-electron chi connectivity index (χ3n) is 3.26. The second-order valence-corrected chi connectivity index (χ2v) is 4.86. The summed E-state index contributed by atoms with van der Waals surface area (Å²) in [5, 5.41) is 0.281. The summed E-state index contributed by atoms with van der Waals surface area (Å²) in [6, 6.07) is 10.2. The highest BCUT2D eigenvalue weighted by molar-refractivity contribution is 6.31. The highest BCUT2D eigenvalue weighted by Gasteiger charge is 2.23. The largest absolute Gasteiger partial charge is 0.364 e.